The molecule has 1 heterocycles. The molecule has 0 unspecified atom stereocenters. The third-order valence-corrected chi connectivity index (χ3v) is 8.47. The van der Waals surface area contributed by atoms with E-state index in [4.69, 9.17) is 9.97 Å². The Labute approximate surface area is 275 Å². The lowest BCUT2D eigenvalue weighted by Gasteiger charge is -2.25. The lowest BCUT2D eigenvalue weighted by atomic mass is 10.0. The molecule has 0 bridgehead atoms. The van der Waals surface area contributed by atoms with Crippen LogP contribution in [0, 0.1) is 0 Å². The number of anilines is 3. The van der Waals surface area contributed by atoms with E-state index in [1.165, 1.54) is 10.8 Å². The number of para-hydroxylation sites is 2. The van der Waals surface area contributed by atoms with Crippen molar-refractivity contribution in [1.82, 2.24) is 9.97 Å². The maximum atomic E-state index is 5.08. The minimum absolute atomic E-state index is 0.706. The van der Waals surface area contributed by atoms with Crippen LogP contribution in [-0.2, 0) is 0 Å². The molecule has 7 aromatic carbocycles. The van der Waals surface area contributed by atoms with Crippen molar-refractivity contribution >= 4 is 27.8 Å². The van der Waals surface area contributed by atoms with Gasteiger partial charge in [-0.25, -0.2) is 9.97 Å². The van der Waals surface area contributed by atoms with Crippen LogP contribution in [0.15, 0.2) is 188 Å². The molecule has 0 aliphatic carbocycles. The van der Waals surface area contributed by atoms with Crippen molar-refractivity contribution in [2.24, 2.45) is 0 Å². The summed E-state index contributed by atoms with van der Waals surface area (Å²) in [5.41, 5.74) is 10.6. The van der Waals surface area contributed by atoms with E-state index < -0.39 is 0 Å². The molecule has 8 aromatic rings. The highest BCUT2D eigenvalue weighted by molar-refractivity contribution is 5.87. The molecule has 3 heteroatoms. The quantitative estimate of drug-likeness (QED) is 0.182. The Bertz CT molecular complexity index is 2220. The lowest BCUT2D eigenvalue weighted by Crippen LogP contribution is -2.09. The summed E-state index contributed by atoms with van der Waals surface area (Å²) in [7, 11) is 0. The van der Waals surface area contributed by atoms with Crippen LogP contribution in [0.2, 0.25) is 0 Å². The van der Waals surface area contributed by atoms with Crippen molar-refractivity contribution in [3.63, 3.8) is 0 Å². The first-order valence-electron chi connectivity index (χ1n) is 15.8. The van der Waals surface area contributed by atoms with Crippen molar-refractivity contribution in [3.8, 4) is 45.0 Å². The highest BCUT2D eigenvalue weighted by atomic mass is 15.1. The monoisotopic (exact) mass is 601 g/mol. The van der Waals surface area contributed by atoms with Crippen LogP contribution in [0.3, 0.4) is 0 Å². The predicted octanol–water partition coefficient (Wildman–Crippen LogP) is 11.8. The molecule has 0 aliphatic heterocycles. The summed E-state index contributed by atoms with van der Waals surface area (Å²) in [6, 6.07) is 65.6. The van der Waals surface area contributed by atoms with Crippen LogP contribution < -0.4 is 4.90 Å². The van der Waals surface area contributed by atoms with Crippen molar-refractivity contribution < 1.29 is 0 Å². The summed E-state index contributed by atoms with van der Waals surface area (Å²) in [6.07, 6.45) is 0. The zero-order valence-corrected chi connectivity index (χ0v) is 25.7. The highest BCUT2D eigenvalue weighted by Crippen LogP contribution is 2.36. The first-order chi connectivity index (χ1) is 23.3. The van der Waals surface area contributed by atoms with Crippen LogP contribution in [0.1, 0.15) is 0 Å². The van der Waals surface area contributed by atoms with Crippen molar-refractivity contribution in [2.45, 2.75) is 0 Å². The van der Waals surface area contributed by atoms with Gasteiger partial charge in [-0.3, -0.25) is 0 Å². The van der Waals surface area contributed by atoms with Gasteiger partial charge in [0, 0.05) is 33.8 Å². The van der Waals surface area contributed by atoms with Gasteiger partial charge in [0.15, 0.2) is 5.82 Å². The van der Waals surface area contributed by atoms with Gasteiger partial charge < -0.3 is 4.90 Å². The summed E-state index contributed by atoms with van der Waals surface area (Å²) < 4.78 is 0. The second kappa shape index (κ2) is 12.6. The van der Waals surface area contributed by atoms with E-state index in [-0.39, 0.29) is 0 Å². The number of rotatable bonds is 7. The SMILES string of the molecule is c1ccc(-c2cc(-c3ccc4ccccc4c3)nc(-c3ccc(-c4ccc(N(c5ccccc5)c5ccccc5)cc4)cc3)n2)cc1. The first-order valence-corrected chi connectivity index (χ1v) is 15.8. The molecule has 47 heavy (non-hydrogen) atoms. The van der Waals surface area contributed by atoms with Gasteiger partial charge in [-0.15, -0.1) is 0 Å². The predicted molar refractivity (Wildman–Crippen MR) is 196 cm³/mol. The summed E-state index contributed by atoms with van der Waals surface area (Å²) in [5.74, 6) is 0.706. The number of hydrogen-bond donors (Lipinski definition) is 0. The highest BCUT2D eigenvalue weighted by Gasteiger charge is 2.14. The normalized spacial score (nSPS) is 11.0. The molecule has 0 amide bonds. The molecular weight excluding hydrogens is 571 g/mol. The van der Waals surface area contributed by atoms with Gasteiger partial charge in [-0.1, -0.05) is 140 Å². The summed E-state index contributed by atoms with van der Waals surface area (Å²) in [5, 5.41) is 2.41. The van der Waals surface area contributed by atoms with E-state index >= 15 is 0 Å². The van der Waals surface area contributed by atoms with Gasteiger partial charge >= 0.3 is 0 Å². The Morgan fingerprint density at radius 2 is 0.745 bits per heavy atom. The second-order valence-electron chi connectivity index (χ2n) is 11.5. The van der Waals surface area contributed by atoms with Gasteiger partial charge in [0.05, 0.1) is 11.4 Å². The molecular formula is C44H31N3. The number of hydrogen-bond acceptors (Lipinski definition) is 3. The molecule has 222 valence electrons. The van der Waals surface area contributed by atoms with Crippen LogP contribution >= 0.6 is 0 Å². The average Bonchev–Trinajstić information content (AvgIpc) is 3.16. The fourth-order valence-corrected chi connectivity index (χ4v) is 6.05. The number of aromatic nitrogens is 2. The third-order valence-electron chi connectivity index (χ3n) is 8.47. The van der Waals surface area contributed by atoms with E-state index in [0.717, 1.165) is 56.3 Å². The van der Waals surface area contributed by atoms with Crippen LogP contribution in [0.4, 0.5) is 17.1 Å². The Morgan fingerprint density at radius 3 is 1.36 bits per heavy atom. The first kappa shape index (κ1) is 28.2. The van der Waals surface area contributed by atoms with Gasteiger partial charge in [-0.2, -0.15) is 0 Å². The largest absolute Gasteiger partial charge is 0.311 e. The molecule has 0 fully saturated rings. The summed E-state index contributed by atoms with van der Waals surface area (Å²) >= 11 is 0. The van der Waals surface area contributed by atoms with E-state index in [2.05, 4.69) is 163 Å². The molecule has 0 saturated carbocycles. The van der Waals surface area contributed by atoms with Crippen LogP contribution in [0.5, 0.6) is 0 Å². The van der Waals surface area contributed by atoms with Gasteiger partial charge in [0.1, 0.15) is 0 Å². The second-order valence-corrected chi connectivity index (χ2v) is 11.5. The smallest absolute Gasteiger partial charge is 0.160 e. The Balaban J connectivity index is 1.13. The van der Waals surface area contributed by atoms with E-state index in [1.54, 1.807) is 0 Å². The fraction of sp³-hybridized carbons (Fsp3) is 0. The van der Waals surface area contributed by atoms with Crippen molar-refractivity contribution in [2.75, 3.05) is 4.90 Å². The van der Waals surface area contributed by atoms with Crippen molar-refractivity contribution in [1.29, 1.82) is 0 Å². The van der Waals surface area contributed by atoms with Gasteiger partial charge in [-0.05, 0) is 70.4 Å². The van der Waals surface area contributed by atoms with Gasteiger partial charge in [0.25, 0.3) is 0 Å². The molecule has 0 aliphatic rings. The Morgan fingerprint density at radius 1 is 0.298 bits per heavy atom. The van der Waals surface area contributed by atoms with Crippen LogP contribution in [0.25, 0.3) is 55.8 Å². The average molecular weight is 602 g/mol. The molecule has 0 atom stereocenters. The number of fused-ring (bicyclic) bond motifs is 1. The minimum atomic E-state index is 0.706. The Hall–Kier alpha value is -6.32. The maximum absolute atomic E-state index is 5.08. The molecule has 0 spiro atoms. The molecule has 1 aromatic heterocycles. The summed E-state index contributed by atoms with van der Waals surface area (Å²) in [4.78, 5) is 12.4. The van der Waals surface area contributed by atoms with Gasteiger partial charge in [0.2, 0.25) is 0 Å². The third kappa shape index (κ3) is 5.90. The zero-order valence-electron chi connectivity index (χ0n) is 25.7. The summed E-state index contributed by atoms with van der Waals surface area (Å²) in [6.45, 7) is 0. The maximum Gasteiger partial charge on any atom is 0.160 e. The Kier molecular flexibility index (Phi) is 7.54. The van der Waals surface area contributed by atoms with Crippen molar-refractivity contribution in [3.05, 3.63) is 188 Å². The standard InChI is InChI=1S/C44H31N3/c1-4-13-35(14-5-1)42-31-43(38-25-22-32-12-10-11-15-37(32)30-38)46-44(45-42)36-23-20-33(21-24-36)34-26-28-41(29-27-34)47(39-16-6-2-7-17-39)40-18-8-3-9-19-40/h1-31H. The molecule has 0 radical (unpaired) electrons. The van der Waals surface area contributed by atoms with E-state index in [1.807, 2.05) is 30.3 Å². The number of benzene rings is 7. The minimum Gasteiger partial charge on any atom is -0.311 e. The van der Waals surface area contributed by atoms with E-state index in [9.17, 15) is 0 Å². The lowest BCUT2D eigenvalue weighted by molar-refractivity contribution is 1.18. The number of nitrogens with zero attached hydrogens (tertiary/aromatic N) is 3. The van der Waals surface area contributed by atoms with Crippen LogP contribution in [-0.4, -0.2) is 9.97 Å². The fourth-order valence-electron chi connectivity index (χ4n) is 6.05. The molecule has 0 N–H and O–H groups in total. The topological polar surface area (TPSA) is 29.0 Å². The molecule has 8 rings (SSSR count). The zero-order chi connectivity index (χ0) is 31.4. The molecule has 0 saturated heterocycles. The van der Waals surface area contributed by atoms with E-state index in [0.29, 0.717) is 5.82 Å². The molecule has 3 nitrogen and oxygen atoms in total.